The summed E-state index contributed by atoms with van der Waals surface area (Å²) in [5.41, 5.74) is 6.74. The van der Waals surface area contributed by atoms with E-state index in [0.29, 0.717) is 55.5 Å². The van der Waals surface area contributed by atoms with Crippen LogP contribution in [-0.2, 0) is 4.74 Å². The molecule has 0 aliphatic carbocycles. The molecule has 0 saturated carbocycles. The Morgan fingerprint density at radius 1 is 1.14 bits per heavy atom. The summed E-state index contributed by atoms with van der Waals surface area (Å²) in [7, 11) is 0. The molecule has 1 aromatic heterocycles. The minimum Gasteiger partial charge on any atom is -0.378 e. The number of amides is 2. The molecule has 0 bridgehead atoms. The smallest absolute Gasteiger partial charge is 0.273 e. The lowest BCUT2D eigenvalue weighted by Crippen LogP contribution is -2.47. The zero-order valence-electron chi connectivity index (χ0n) is 20.4. The van der Waals surface area contributed by atoms with Crippen LogP contribution in [0, 0.1) is 5.92 Å². The number of nitrogens with zero attached hydrogens (tertiary/aromatic N) is 5. The summed E-state index contributed by atoms with van der Waals surface area (Å²) in [6.45, 7) is 9.18. The van der Waals surface area contributed by atoms with Crippen molar-refractivity contribution in [3.05, 3.63) is 35.5 Å². The number of hydrogen-bond acceptors (Lipinski definition) is 9. The average molecular weight is 483 g/mol. The van der Waals surface area contributed by atoms with E-state index in [9.17, 15) is 9.59 Å². The van der Waals surface area contributed by atoms with Crippen LogP contribution in [0.5, 0.6) is 0 Å². The topological polar surface area (TPSA) is 139 Å². The van der Waals surface area contributed by atoms with Crippen molar-refractivity contribution in [2.45, 2.75) is 32.7 Å². The summed E-state index contributed by atoms with van der Waals surface area (Å²) in [6.07, 6.45) is 2.11. The van der Waals surface area contributed by atoms with Crippen molar-refractivity contribution in [2.75, 3.05) is 56.2 Å². The highest BCUT2D eigenvalue weighted by molar-refractivity contribution is 5.97. The van der Waals surface area contributed by atoms with Gasteiger partial charge >= 0.3 is 0 Å². The van der Waals surface area contributed by atoms with Gasteiger partial charge in [0.1, 0.15) is 0 Å². The van der Waals surface area contributed by atoms with E-state index in [0.717, 1.165) is 32.5 Å². The highest BCUT2D eigenvalue weighted by Crippen LogP contribution is 2.22. The zero-order valence-corrected chi connectivity index (χ0v) is 20.4. The molecular weight excluding hydrogens is 448 g/mol. The summed E-state index contributed by atoms with van der Waals surface area (Å²) in [5.74, 6) is 0.520. The van der Waals surface area contributed by atoms with Crippen LogP contribution in [-0.4, -0.2) is 83.9 Å². The van der Waals surface area contributed by atoms with Gasteiger partial charge in [0.05, 0.1) is 13.2 Å². The number of morpholine rings is 1. The highest BCUT2D eigenvalue weighted by atomic mass is 16.5. The fourth-order valence-electron chi connectivity index (χ4n) is 4.21. The van der Waals surface area contributed by atoms with E-state index in [1.807, 2.05) is 0 Å². The van der Waals surface area contributed by atoms with E-state index in [-0.39, 0.29) is 17.4 Å². The van der Waals surface area contributed by atoms with E-state index >= 15 is 0 Å². The van der Waals surface area contributed by atoms with Gasteiger partial charge in [0, 0.05) is 43.5 Å². The molecule has 2 aliphatic rings. The van der Waals surface area contributed by atoms with Crippen molar-refractivity contribution in [1.29, 1.82) is 0 Å². The maximum Gasteiger partial charge on any atom is 0.273 e. The Kier molecular flexibility index (Phi) is 8.09. The lowest BCUT2D eigenvalue weighted by Gasteiger charge is -2.33. The van der Waals surface area contributed by atoms with Crippen LogP contribution in [0.3, 0.4) is 0 Å². The standard InChI is InChI=1S/C24H34N8O3/c1-16(2)14-26-19-4-3-9-32(15-19)24-28-22(20(21(25)33)29-30-24)27-18-7-5-17(6-8-18)23(34)31-10-12-35-13-11-31/h5-8,16,19,26H,3-4,9-15H2,1-2H3,(H2,25,33)(H,27,28,30). The minimum atomic E-state index is -0.715. The van der Waals surface area contributed by atoms with Crippen LogP contribution in [0.25, 0.3) is 0 Å². The molecule has 4 N–H and O–H groups in total. The van der Waals surface area contributed by atoms with Gasteiger partial charge in [0.25, 0.3) is 11.8 Å². The summed E-state index contributed by atoms with van der Waals surface area (Å²) in [5, 5.41) is 15.0. The molecule has 1 atom stereocenters. The van der Waals surface area contributed by atoms with Gasteiger partial charge in [-0.15, -0.1) is 10.2 Å². The molecule has 2 aromatic rings. The Hall–Kier alpha value is -3.31. The molecule has 2 fully saturated rings. The molecule has 2 saturated heterocycles. The quantitative estimate of drug-likeness (QED) is 0.509. The molecule has 2 amide bonds. The number of hydrogen-bond donors (Lipinski definition) is 3. The van der Waals surface area contributed by atoms with Crippen LogP contribution >= 0.6 is 0 Å². The van der Waals surface area contributed by atoms with Crippen molar-refractivity contribution in [2.24, 2.45) is 11.7 Å². The Morgan fingerprint density at radius 3 is 2.57 bits per heavy atom. The summed E-state index contributed by atoms with van der Waals surface area (Å²) < 4.78 is 5.32. The fourth-order valence-corrected chi connectivity index (χ4v) is 4.21. The molecule has 35 heavy (non-hydrogen) atoms. The molecule has 3 heterocycles. The van der Waals surface area contributed by atoms with Crippen LogP contribution < -0.4 is 21.3 Å². The van der Waals surface area contributed by atoms with Crippen LogP contribution in [0.1, 0.15) is 47.5 Å². The molecule has 11 nitrogen and oxygen atoms in total. The second-order valence-corrected chi connectivity index (χ2v) is 9.37. The van der Waals surface area contributed by atoms with Crippen molar-refractivity contribution in [1.82, 2.24) is 25.4 Å². The minimum absolute atomic E-state index is 0.0330. The van der Waals surface area contributed by atoms with Crippen molar-refractivity contribution in [3.8, 4) is 0 Å². The summed E-state index contributed by atoms with van der Waals surface area (Å²) in [4.78, 5) is 33.1. The highest BCUT2D eigenvalue weighted by Gasteiger charge is 2.24. The second-order valence-electron chi connectivity index (χ2n) is 9.37. The van der Waals surface area contributed by atoms with Crippen LogP contribution in [0.15, 0.2) is 24.3 Å². The SMILES string of the molecule is CC(C)CNC1CCCN(c2nnc(C(N)=O)c(Nc3ccc(C(=O)N4CCOCC4)cc3)n2)C1. The van der Waals surface area contributed by atoms with Gasteiger partial charge in [0.15, 0.2) is 11.5 Å². The molecule has 1 unspecified atom stereocenters. The van der Waals surface area contributed by atoms with E-state index in [4.69, 9.17) is 10.5 Å². The summed E-state index contributed by atoms with van der Waals surface area (Å²) in [6, 6.07) is 7.38. The van der Waals surface area contributed by atoms with Gasteiger partial charge in [-0.1, -0.05) is 13.8 Å². The van der Waals surface area contributed by atoms with Gasteiger partial charge in [-0.2, -0.15) is 4.98 Å². The lowest BCUT2D eigenvalue weighted by atomic mass is 10.1. The van der Waals surface area contributed by atoms with Crippen LogP contribution in [0.2, 0.25) is 0 Å². The zero-order chi connectivity index (χ0) is 24.8. The Labute approximate surface area is 205 Å². The second kappa shape index (κ2) is 11.4. The number of carbonyl (C=O) groups excluding carboxylic acids is 2. The first kappa shape index (κ1) is 24.8. The Balaban J connectivity index is 1.48. The van der Waals surface area contributed by atoms with Gasteiger partial charge in [0.2, 0.25) is 5.95 Å². The predicted octanol–water partition coefficient (Wildman–Crippen LogP) is 1.40. The van der Waals surface area contributed by atoms with E-state index in [2.05, 4.69) is 44.6 Å². The molecule has 0 radical (unpaired) electrons. The number of rotatable bonds is 8. The molecule has 4 rings (SSSR count). The molecule has 11 heteroatoms. The van der Waals surface area contributed by atoms with Gasteiger partial charge in [-0.3, -0.25) is 9.59 Å². The number of carbonyl (C=O) groups is 2. The van der Waals surface area contributed by atoms with Crippen molar-refractivity contribution in [3.63, 3.8) is 0 Å². The molecular formula is C24H34N8O3. The number of nitrogens with one attached hydrogen (secondary N) is 2. The largest absolute Gasteiger partial charge is 0.378 e. The average Bonchev–Trinajstić information content (AvgIpc) is 2.88. The molecule has 0 spiro atoms. The number of anilines is 3. The van der Waals surface area contributed by atoms with E-state index in [1.54, 1.807) is 29.2 Å². The maximum absolute atomic E-state index is 12.7. The van der Waals surface area contributed by atoms with Crippen molar-refractivity contribution >= 4 is 29.3 Å². The van der Waals surface area contributed by atoms with Crippen LogP contribution in [0.4, 0.5) is 17.5 Å². The molecule has 188 valence electrons. The number of benzene rings is 1. The molecule has 1 aromatic carbocycles. The number of primary amides is 1. The third kappa shape index (κ3) is 6.43. The monoisotopic (exact) mass is 482 g/mol. The number of nitrogens with two attached hydrogens (primary N) is 1. The molecule has 2 aliphatic heterocycles. The predicted molar refractivity (Wildman–Crippen MR) is 133 cm³/mol. The van der Waals surface area contributed by atoms with Crippen molar-refractivity contribution < 1.29 is 14.3 Å². The van der Waals surface area contributed by atoms with E-state index in [1.165, 1.54) is 0 Å². The fraction of sp³-hybridized carbons (Fsp3) is 0.542. The first-order valence-corrected chi connectivity index (χ1v) is 12.2. The lowest BCUT2D eigenvalue weighted by molar-refractivity contribution is 0.0303. The number of piperidine rings is 1. The first-order chi connectivity index (χ1) is 16.9. The Bertz CT molecular complexity index is 1020. The third-order valence-corrected chi connectivity index (χ3v) is 6.12. The summed E-state index contributed by atoms with van der Waals surface area (Å²) >= 11 is 0. The number of ether oxygens (including phenoxy) is 1. The Morgan fingerprint density at radius 2 is 1.89 bits per heavy atom. The van der Waals surface area contributed by atoms with E-state index < -0.39 is 5.91 Å². The number of aromatic nitrogens is 3. The van der Waals surface area contributed by atoms with Gasteiger partial charge < -0.3 is 30.9 Å². The first-order valence-electron chi connectivity index (χ1n) is 12.2. The van der Waals surface area contributed by atoms with Gasteiger partial charge in [-0.05, 0) is 49.6 Å². The van der Waals surface area contributed by atoms with Gasteiger partial charge in [-0.25, -0.2) is 0 Å². The third-order valence-electron chi connectivity index (χ3n) is 6.12. The maximum atomic E-state index is 12.7. The normalized spacial score (nSPS) is 18.5.